The molecule has 0 saturated heterocycles. The summed E-state index contributed by atoms with van der Waals surface area (Å²) in [5.74, 6) is -0.649. The predicted octanol–water partition coefficient (Wildman–Crippen LogP) is 3.80. The molecule has 2 rings (SSSR count). The molecule has 2 unspecified atom stereocenters. The summed E-state index contributed by atoms with van der Waals surface area (Å²) in [5.41, 5.74) is -0.0864. The van der Waals surface area contributed by atoms with Crippen molar-refractivity contribution in [2.45, 2.75) is 12.6 Å². The molecule has 21 heavy (non-hydrogen) atoms. The van der Waals surface area contributed by atoms with Crippen molar-refractivity contribution in [3.63, 3.8) is 0 Å². The van der Waals surface area contributed by atoms with Crippen molar-refractivity contribution in [3.05, 3.63) is 66.3 Å². The van der Waals surface area contributed by atoms with Gasteiger partial charge in [0.1, 0.15) is 0 Å². The molecule has 0 bridgehead atoms. The van der Waals surface area contributed by atoms with Crippen molar-refractivity contribution in [2.75, 3.05) is 0 Å². The first-order valence-corrected chi connectivity index (χ1v) is 6.95. The molecule has 1 aliphatic carbocycles. The van der Waals surface area contributed by atoms with E-state index in [1.165, 1.54) is 6.92 Å². The fraction of sp³-hybridized carbons (Fsp3) is 0.176. The topological polar surface area (TPSA) is 38.7 Å². The number of carbonyl (C=O) groups excluding carboxylic acids is 1. The number of carbonyl (C=O) groups is 1. The molecule has 0 amide bonds. The summed E-state index contributed by atoms with van der Waals surface area (Å²) in [4.78, 5) is 15.5. The number of thiocarbonyl (C=S) groups is 1. The van der Waals surface area contributed by atoms with E-state index in [0.717, 1.165) is 5.56 Å². The van der Waals surface area contributed by atoms with Crippen LogP contribution in [0.2, 0.25) is 0 Å². The zero-order valence-corrected chi connectivity index (χ0v) is 12.4. The Bertz CT molecular complexity index is 642. The van der Waals surface area contributed by atoms with Gasteiger partial charge in [-0.05, 0) is 23.9 Å². The molecule has 0 N–H and O–H groups in total. The Balaban J connectivity index is 2.32. The molecule has 0 heterocycles. The van der Waals surface area contributed by atoms with Gasteiger partial charge in [-0.15, -0.1) is 0 Å². The number of ether oxygens (including phenoxy) is 1. The number of esters is 1. The first kappa shape index (κ1) is 15.1. The SMILES string of the molecule is CC(=O)OC1(N=C=S)C=CC=CC1C=Cc1ccccc1. The van der Waals surface area contributed by atoms with Gasteiger partial charge in [-0.2, -0.15) is 4.99 Å². The van der Waals surface area contributed by atoms with Gasteiger partial charge >= 0.3 is 5.97 Å². The van der Waals surface area contributed by atoms with Crippen LogP contribution in [0.3, 0.4) is 0 Å². The lowest BCUT2D eigenvalue weighted by molar-refractivity contribution is -0.153. The number of benzene rings is 1. The maximum atomic E-state index is 11.4. The van der Waals surface area contributed by atoms with Crippen LogP contribution in [0.5, 0.6) is 0 Å². The summed E-state index contributed by atoms with van der Waals surface area (Å²) < 4.78 is 5.40. The lowest BCUT2D eigenvalue weighted by Crippen LogP contribution is -2.38. The van der Waals surface area contributed by atoms with Crippen LogP contribution in [0.4, 0.5) is 0 Å². The normalized spacial score (nSPS) is 23.8. The minimum Gasteiger partial charge on any atom is -0.432 e. The lowest BCUT2D eigenvalue weighted by atomic mass is 9.90. The Morgan fingerprint density at radius 2 is 2.14 bits per heavy atom. The second-order valence-electron chi connectivity index (χ2n) is 4.59. The third-order valence-electron chi connectivity index (χ3n) is 3.07. The van der Waals surface area contributed by atoms with Crippen LogP contribution in [0, 0.1) is 5.92 Å². The number of allylic oxidation sites excluding steroid dienone is 2. The van der Waals surface area contributed by atoms with Gasteiger partial charge in [0.15, 0.2) is 0 Å². The van der Waals surface area contributed by atoms with E-state index >= 15 is 0 Å². The summed E-state index contributed by atoms with van der Waals surface area (Å²) in [5, 5.41) is 2.32. The van der Waals surface area contributed by atoms with Crippen molar-refractivity contribution in [2.24, 2.45) is 10.9 Å². The van der Waals surface area contributed by atoms with E-state index in [4.69, 9.17) is 17.0 Å². The molecule has 106 valence electrons. The van der Waals surface area contributed by atoms with Crippen LogP contribution in [0.1, 0.15) is 12.5 Å². The third-order valence-corrected chi connectivity index (χ3v) is 3.16. The van der Waals surface area contributed by atoms with Crippen molar-refractivity contribution in [1.29, 1.82) is 0 Å². The third kappa shape index (κ3) is 3.85. The minimum absolute atomic E-state index is 0.234. The molecule has 2 atom stereocenters. The number of rotatable bonds is 4. The van der Waals surface area contributed by atoms with Crippen LogP contribution < -0.4 is 0 Å². The molecule has 3 nitrogen and oxygen atoms in total. The van der Waals surface area contributed by atoms with Crippen LogP contribution in [0.15, 0.2) is 65.7 Å². The largest absolute Gasteiger partial charge is 0.432 e. The number of isothiocyanates is 1. The fourth-order valence-electron chi connectivity index (χ4n) is 2.15. The first-order valence-electron chi connectivity index (χ1n) is 6.54. The van der Waals surface area contributed by atoms with E-state index in [1.54, 1.807) is 12.2 Å². The van der Waals surface area contributed by atoms with Crippen LogP contribution in [0.25, 0.3) is 6.08 Å². The lowest BCUT2D eigenvalue weighted by Gasteiger charge is -2.31. The smallest absolute Gasteiger partial charge is 0.305 e. The molecule has 0 saturated carbocycles. The second-order valence-corrected chi connectivity index (χ2v) is 4.77. The molecule has 0 spiro atoms. The van der Waals surface area contributed by atoms with Crippen molar-refractivity contribution < 1.29 is 9.53 Å². The molecule has 0 aliphatic heterocycles. The monoisotopic (exact) mass is 297 g/mol. The average molecular weight is 297 g/mol. The first-order chi connectivity index (χ1) is 10.2. The van der Waals surface area contributed by atoms with E-state index in [1.807, 2.05) is 54.6 Å². The van der Waals surface area contributed by atoms with Gasteiger partial charge in [-0.25, -0.2) is 0 Å². The zero-order chi connectivity index (χ0) is 15.1. The quantitative estimate of drug-likeness (QED) is 0.482. The van der Waals surface area contributed by atoms with Gasteiger partial charge in [0.2, 0.25) is 5.72 Å². The highest BCUT2D eigenvalue weighted by molar-refractivity contribution is 7.78. The van der Waals surface area contributed by atoms with Crippen LogP contribution in [-0.4, -0.2) is 16.9 Å². The van der Waals surface area contributed by atoms with Crippen LogP contribution in [-0.2, 0) is 9.53 Å². The molecule has 0 radical (unpaired) electrons. The van der Waals surface area contributed by atoms with E-state index in [9.17, 15) is 4.79 Å². The Hall–Kier alpha value is -2.29. The van der Waals surface area contributed by atoms with Crippen LogP contribution >= 0.6 is 12.2 Å². The van der Waals surface area contributed by atoms with E-state index in [0.29, 0.717) is 0 Å². The maximum absolute atomic E-state index is 11.4. The molecule has 0 aromatic heterocycles. The molecule has 4 heteroatoms. The summed E-state index contributed by atoms with van der Waals surface area (Å²) in [7, 11) is 0. The number of aliphatic imine (C=N–C) groups is 1. The Morgan fingerprint density at radius 1 is 1.38 bits per heavy atom. The van der Waals surface area contributed by atoms with Crippen molar-refractivity contribution in [1.82, 2.24) is 0 Å². The molecule has 1 aromatic carbocycles. The van der Waals surface area contributed by atoms with Gasteiger partial charge in [0.25, 0.3) is 0 Å². The molecule has 1 aliphatic rings. The standard InChI is InChI=1S/C17H15NO2S/c1-14(19)20-17(18-13-21)12-6-5-9-16(17)11-10-15-7-3-2-4-8-15/h2-12,16H,1H3. The highest BCUT2D eigenvalue weighted by Gasteiger charge is 2.38. The van der Waals surface area contributed by atoms with E-state index in [2.05, 4.69) is 10.2 Å². The Labute approximate surface area is 129 Å². The molecule has 1 aromatic rings. The van der Waals surface area contributed by atoms with E-state index < -0.39 is 11.7 Å². The Morgan fingerprint density at radius 3 is 2.81 bits per heavy atom. The fourth-order valence-corrected chi connectivity index (χ4v) is 2.29. The average Bonchev–Trinajstić information content (AvgIpc) is 2.47. The summed E-state index contributed by atoms with van der Waals surface area (Å²) in [6, 6.07) is 9.87. The Kier molecular flexibility index (Phi) is 4.99. The molecular weight excluding hydrogens is 282 g/mol. The summed E-state index contributed by atoms with van der Waals surface area (Å²) >= 11 is 4.70. The number of nitrogens with zero attached hydrogens (tertiary/aromatic N) is 1. The summed E-state index contributed by atoms with van der Waals surface area (Å²) in [6.07, 6.45) is 11.2. The number of hydrogen-bond donors (Lipinski definition) is 0. The van der Waals surface area contributed by atoms with Crippen molar-refractivity contribution in [3.8, 4) is 0 Å². The highest BCUT2D eigenvalue weighted by atomic mass is 32.1. The maximum Gasteiger partial charge on any atom is 0.305 e. The zero-order valence-electron chi connectivity index (χ0n) is 11.6. The molecule has 0 fully saturated rings. The van der Waals surface area contributed by atoms with Crippen molar-refractivity contribution >= 4 is 29.4 Å². The second kappa shape index (κ2) is 6.93. The highest BCUT2D eigenvalue weighted by Crippen LogP contribution is 2.31. The molecular formula is C17H15NO2S. The minimum atomic E-state index is -1.15. The van der Waals surface area contributed by atoms with Gasteiger partial charge < -0.3 is 4.74 Å². The van der Waals surface area contributed by atoms with Gasteiger partial charge in [0, 0.05) is 6.92 Å². The summed E-state index contributed by atoms with van der Waals surface area (Å²) in [6.45, 7) is 1.35. The number of hydrogen-bond acceptors (Lipinski definition) is 4. The van der Waals surface area contributed by atoms with E-state index in [-0.39, 0.29) is 5.92 Å². The van der Waals surface area contributed by atoms with Gasteiger partial charge in [-0.1, -0.05) is 60.7 Å². The predicted molar refractivity (Wildman–Crippen MR) is 86.8 cm³/mol. The van der Waals surface area contributed by atoms with Gasteiger partial charge in [-0.3, -0.25) is 4.79 Å². The van der Waals surface area contributed by atoms with Gasteiger partial charge in [0.05, 0.1) is 11.1 Å².